The van der Waals surface area contributed by atoms with Gasteiger partial charge in [-0.05, 0) is 63.4 Å². The second-order valence-corrected chi connectivity index (χ2v) is 21.2. The quantitative estimate of drug-likeness (QED) is 0.0135. The number of hydrogen-bond donors (Lipinski definition) is 5. The molecule has 2 aliphatic heterocycles. The van der Waals surface area contributed by atoms with Crippen LogP contribution in [0.3, 0.4) is 0 Å². The zero-order chi connectivity index (χ0) is 51.9. The van der Waals surface area contributed by atoms with Crippen LogP contribution in [0.1, 0.15) is 155 Å². The summed E-state index contributed by atoms with van der Waals surface area (Å²) < 4.78 is 62.3. The molecule has 0 aliphatic carbocycles. The van der Waals surface area contributed by atoms with Gasteiger partial charge < -0.3 is 44.7 Å². The number of ether oxygens (including phenoxy) is 4. The minimum atomic E-state index is -5.44. The molecular formula is C50H81N3O16P2. The Balaban J connectivity index is 1.42. The molecule has 9 atom stereocenters. The van der Waals surface area contributed by atoms with Gasteiger partial charge in [0.1, 0.15) is 30.7 Å². The highest BCUT2D eigenvalue weighted by Crippen LogP contribution is 2.60. The Labute approximate surface area is 419 Å². The van der Waals surface area contributed by atoms with E-state index in [0.29, 0.717) is 31.5 Å². The third kappa shape index (κ3) is 27.9. The Hall–Kier alpha value is -3.58. The Morgan fingerprint density at radius 1 is 0.732 bits per heavy atom. The summed E-state index contributed by atoms with van der Waals surface area (Å²) in [5, 5.41) is 20.9. The topological polar surface area (TPSA) is 278 Å². The standard InChI is InChI=1S/C50H81N3O16P2/c1-4-5-24-30-41-42(67-41)31-26-21-17-13-8-6-7-9-15-19-23-28-33-46(55)66-40(36-63-45(54)32-27-22-18-14-11-10-12-16-20-25-29-39(2)3)37-64-70(59,60)69-71(61,62)65-38-43-47(56)48(57)49(68-43)53-35-34-44(51)52-50(53)58/h5,7-9,13,19,21,23-24,26,34-35,39-43,47-49,56-57H,4,6,10-12,14-18,20,22,25,27-33,36-38H2,1-3H3,(H,59,60)(H,61,62)(H2,51,52,58)/b9-7-,13-8-,23-19-,24-5-,26-21-/t40-,41?,42?,43-,47-,48-,49-/m1/s1. The molecule has 1 aromatic rings. The fourth-order valence-corrected chi connectivity index (χ4v) is 9.56. The number of nitrogen functional groups attached to an aromatic ring is 1. The molecule has 6 N–H and O–H groups in total. The second-order valence-electron chi connectivity index (χ2n) is 18.2. The van der Waals surface area contributed by atoms with Crippen LogP contribution in [-0.4, -0.2) is 97.9 Å². The number of phosphoric ester groups is 2. The molecule has 0 radical (unpaired) electrons. The lowest BCUT2D eigenvalue weighted by atomic mass is 10.0. The summed E-state index contributed by atoms with van der Waals surface area (Å²) in [7, 11) is -10.9. The molecule has 0 bridgehead atoms. The van der Waals surface area contributed by atoms with E-state index in [1.165, 1.54) is 44.6 Å². The number of carbonyl (C=O) groups excluding carboxylic acids is 2. The molecule has 402 valence electrons. The van der Waals surface area contributed by atoms with E-state index in [1.54, 1.807) is 6.08 Å². The molecule has 1 aromatic heterocycles. The van der Waals surface area contributed by atoms with Gasteiger partial charge in [-0.1, -0.05) is 146 Å². The number of aromatic nitrogens is 2. The van der Waals surface area contributed by atoms with Gasteiger partial charge in [0.25, 0.3) is 0 Å². The number of aliphatic hydroxyl groups excluding tert-OH is 2. The Kier molecular flexibility index (Phi) is 30.2. The Morgan fingerprint density at radius 3 is 1.90 bits per heavy atom. The highest BCUT2D eigenvalue weighted by Gasteiger charge is 2.46. The van der Waals surface area contributed by atoms with Crippen molar-refractivity contribution in [1.29, 1.82) is 0 Å². The van der Waals surface area contributed by atoms with Gasteiger partial charge in [-0.3, -0.25) is 23.2 Å². The lowest BCUT2D eigenvalue weighted by molar-refractivity contribution is -0.161. The molecule has 71 heavy (non-hydrogen) atoms. The highest BCUT2D eigenvalue weighted by molar-refractivity contribution is 7.61. The number of nitrogens with two attached hydrogens (primary N) is 1. The van der Waals surface area contributed by atoms with Crippen molar-refractivity contribution in [2.45, 2.75) is 192 Å². The first-order valence-electron chi connectivity index (χ1n) is 25.3. The van der Waals surface area contributed by atoms with Gasteiger partial charge in [0.05, 0.1) is 25.4 Å². The summed E-state index contributed by atoms with van der Waals surface area (Å²) >= 11 is 0. The maximum Gasteiger partial charge on any atom is 0.481 e. The molecular weight excluding hydrogens is 961 g/mol. The maximum absolute atomic E-state index is 12.8. The first-order valence-corrected chi connectivity index (χ1v) is 28.3. The van der Waals surface area contributed by atoms with Crippen LogP contribution in [0.15, 0.2) is 77.8 Å². The normalized spacial score (nSPS) is 22.6. The predicted octanol–water partition coefficient (Wildman–Crippen LogP) is 9.18. The third-order valence-corrected chi connectivity index (χ3v) is 14.1. The van der Waals surface area contributed by atoms with E-state index >= 15 is 0 Å². The van der Waals surface area contributed by atoms with Crippen molar-refractivity contribution in [3.05, 3.63) is 83.5 Å². The van der Waals surface area contributed by atoms with Crippen LogP contribution in [0.4, 0.5) is 5.82 Å². The van der Waals surface area contributed by atoms with Crippen LogP contribution >= 0.6 is 15.6 Å². The smallest absolute Gasteiger partial charge is 0.462 e. The van der Waals surface area contributed by atoms with Crippen molar-refractivity contribution in [3.63, 3.8) is 0 Å². The minimum absolute atomic E-state index is 0.0798. The van der Waals surface area contributed by atoms with E-state index < -0.39 is 83.7 Å². The molecule has 19 nitrogen and oxygen atoms in total. The summed E-state index contributed by atoms with van der Waals surface area (Å²) in [6, 6.07) is 1.24. The van der Waals surface area contributed by atoms with E-state index in [1.807, 2.05) is 18.2 Å². The van der Waals surface area contributed by atoms with Crippen molar-refractivity contribution in [2.24, 2.45) is 5.92 Å². The van der Waals surface area contributed by atoms with Gasteiger partial charge in [0.2, 0.25) is 0 Å². The fourth-order valence-electron chi connectivity index (χ4n) is 7.45. The molecule has 0 aromatic carbocycles. The number of epoxide rings is 1. The number of esters is 2. The van der Waals surface area contributed by atoms with Crippen LogP contribution < -0.4 is 11.4 Å². The number of rotatable bonds is 39. The molecule has 4 unspecified atom stereocenters. The number of nitrogens with zero attached hydrogens (tertiary/aromatic N) is 2. The lowest BCUT2D eigenvalue weighted by Gasteiger charge is -2.21. The second kappa shape index (κ2) is 34.8. The van der Waals surface area contributed by atoms with Crippen LogP contribution in [-0.2, 0) is 51.0 Å². The number of hydrogen-bond acceptors (Lipinski definition) is 16. The van der Waals surface area contributed by atoms with Crippen LogP contribution in [0.5, 0.6) is 0 Å². The molecule has 0 amide bonds. The highest BCUT2D eigenvalue weighted by atomic mass is 31.3. The monoisotopic (exact) mass is 1040 g/mol. The van der Waals surface area contributed by atoms with Gasteiger partial charge >= 0.3 is 33.3 Å². The average Bonchev–Trinajstić information content (AvgIpc) is 4.00. The fraction of sp³-hybridized carbons (Fsp3) is 0.680. The molecule has 3 rings (SSSR count). The van der Waals surface area contributed by atoms with Crippen LogP contribution in [0.2, 0.25) is 0 Å². The molecule has 2 aliphatic rings. The van der Waals surface area contributed by atoms with Crippen molar-refractivity contribution >= 4 is 33.4 Å². The Morgan fingerprint density at radius 2 is 1.30 bits per heavy atom. The maximum atomic E-state index is 12.8. The average molecular weight is 1040 g/mol. The van der Waals surface area contributed by atoms with Crippen LogP contribution in [0, 0.1) is 5.92 Å². The minimum Gasteiger partial charge on any atom is -0.462 e. The molecule has 0 spiro atoms. The van der Waals surface area contributed by atoms with Gasteiger partial charge in [-0.25, -0.2) is 13.9 Å². The molecule has 3 heterocycles. The summed E-state index contributed by atoms with van der Waals surface area (Å²) in [4.78, 5) is 61.9. The lowest BCUT2D eigenvalue weighted by Crippen LogP contribution is -2.36. The van der Waals surface area contributed by atoms with E-state index in [2.05, 4.69) is 66.5 Å². The summed E-state index contributed by atoms with van der Waals surface area (Å²) in [6.45, 7) is 4.24. The van der Waals surface area contributed by atoms with Gasteiger partial charge in [0.15, 0.2) is 12.3 Å². The number of allylic oxidation sites excluding steroid dienone is 8. The van der Waals surface area contributed by atoms with Crippen molar-refractivity contribution in [3.8, 4) is 0 Å². The summed E-state index contributed by atoms with van der Waals surface area (Å²) in [6.07, 6.45) is 32.3. The molecule has 2 fully saturated rings. The number of anilines is 1. The number of carbonyl (C=O) groups is 2. The first kappa shape index (κ1) is 61.7. The van der Waals surface area contributed by atoms with E-state index in [4.69, 9.17) is 33.7 Å². The molecule has 21 heteroatoms. The molecule has 0 saturated carbocycles. The predicted molar refractivity (Wildman–Crippen MR) is 270 cm³/mol. The summed E-state index contributed by atoms with van der Waals surface area (Å²) in [5.74, 6) is -0.657. The van der Waals surface area contributed by atoms with Gasteiger partial charge in [-0.2, -0.15) is 9.29 Å². The first-order chi connectivity index (χ1) is 34.0. The third-order valence-electron chi connectivity index (χ3n) is 11.5. The van der Waals surface area contributed by atoms with Crippen molar-refractivity contribution < 1.29 is 71.0 Å². The molecule has 2 saturated heterocycles. The van der Waals surface area contributed by atoms with E-state index in [9.17, 15) is 43.5 Å². The summed E-state index contributed by atoms with van der Waals surface area (Å²) in [5.41, 5.74) is 4.58. The van der Waals surface area contributed by atoms with Crippen molar-refractivity contribution in [1.82, 2.24) is 9.55 Å². The number of unbranched alkanes of at least 4 members (excludes halogenated alkanes) is 9. The number of aliphatic hydroxyl groups is 2. The van der Waals surface area contributed by atoms with Gasteiger partial charge in [-0.15, -0.1) is 0 Å². The zero-order valence-electron chi connectivity index (χ0n) is 41.9. The van der Waals surface area contributed by atoms with Crippen LogP contribution in [0.25, 0.3) is 0 Å². The van der Waals surface area contributed by atoms with E-state index in [0.717, 1.165) is 74.5 Å². The van der Waals surface area contributed by atoms with E-state index in [-0.39, 0.29) is 18.7 Å². The van der Waals surface area contributed by atoms with Crippen molar-refractivity contribution in [2.75, 3.05) is 25.6 Å². The Bertz CT molecular complexity index is 2010. The van der Waals surface area contributed by atoms with Gasteiger partial charge in [0, 0.05) is 19.0 Å². The SMILES string of the molecule is CC/C=C\CC1OC1C/C=C\C/C=C\C/C=C\C/C=C\CCC(=O)O[C@H](COC(=O)CCCCCCCCCCCCC(C)C)COP(=O)(O)OP(=O)(O)OC[C@H]1O[C@@H](n2ccc(N)nc2=O)[C@H](O)[C@@H]1O. The zero-order valence-corrected chi connectivity index (χ0v) is 43.7. The largest absolute Gasteiger partial charge is 0.481 e. The number of phosphoric acid groups is 2.